The minimum Gasteiger partial charge on any atom is -0.397 e. The maximum absolute atomic E-state index is 12.4. The van der Waals surface area contributed by atoms with Gasteiger partial charge in [-0.1, -0.05) is 41.6 Å². The monoisotopic (exact) mass is 417 g/mol. The Hall–Kier alpha value is -3.45. The van der Waals surface area contributed by atoms with Gasteiger partial charge in [-0.15, -0.1) is 5.10 Å². The van der Waals surface area contributed by atoms with Crippen molar-refractivity contribution in [1.82, 2.24) is 15.0 Å². The fourth-order valence-electron chi connectivity index (χ4n) is 3.18. The number of benzene rings is 2. The number of nitrogens with zero attached hydrogens (tertiary/aromatic N) is 3. The molecule has 6 nitrogen and oxygen atoms in total. The number of aryl methyl sites for hydroxylation is 3. The highest BCUT2D eigenvalue weighted by atomic mass is 32.1. The van der Waals surface area contributed by atoms with E-state index >= 15 is 0 Å². The second-order valence-corrected chi connectivity index (χ2v) is 7.85. The van der Waals surface area contributed by atoms with Gasteiger partial charge in [0.05, 0.1) is 17.1 Å². The van der Waals surface area contributed by atoms with Crippen LogP contribution >= 0.6 is 11.3 Å². The van der Waals surface area contributed by atoms with Crippen LogP contribution in [0.4, 0.5) is 11.4 Å². The van der Waals surface area contributed by atoms with Crippen molar-refractivity contribution < 1.29 is 4.79 Å². The van der Waals surface area contributed by atoms with Crippen LogP contribution in [0.15, 0.2) is 71.6 Å². The summed E-state index contributed by atoms with van der Waals surface area (Å²) < 4.78 is 1.82. The van der Waals surface area contributed by atoms with Gasteiger partial charge in [-0.2, -0.15) is 11.3 Å². The third kappa shape index (κ3) is 5.12. The SMILES string of the molecule is Nc1ccc(-c2ccsc2)cc1NC(=O)CCc1cn(CCc2ccccc2)nn1. The molecule has 1 amide bonds. The predicted molar refractivity (Wildman–Crippen MR) is 121 cm³/mol. The van der Waals surface area contributed by atoms with Crippen LogP contribution in [0, 0.1) is 0 Å². The minimum atomic E-state index is -0.0944. The Balaban J connectivity index is 1.30. The summed E-state index contributed by atoms with van der Waals surface area (Å²) in [6, 6.07) is 18.0. The third-order valence-corrected chi connectivity index (χ3v) is 5.53. The van der Waals surface area contributed by atoms with Crippen molar-refractivity contribution in [3.8, 4) is 11.1 Å². The van der Waals surface area contributed by atoms with Crippen LogP contribution in [-0.2, 0) is 24.2 Å². The number of rotatable bonds is 8. The summed E-state index contributed by atoms with van der Waals surface area (Å²) in [5.74, 6) is -0.0944. The smallest absolute Gasteiger partial charge is 0.224 e. The van der Waals surface area contributed by atoms with Gasteiger partial charge in [-0.05, 0) is 52.1 Å². The molecule has 7 heteroatoms. The van der Waals surface area contributed by atoms with Crippen molar-refractivity contribution in [3.63, 3.8) is 0 Å². The van der Waals surface area contributed by atoms with Crippen molar-refractivity contribution >= 4 is 28.6 Å². The number of amides is 1. The fraction of sp³-hybridized carbons (Fsp3) is 0.174. The zero-order chi connectivity index (χ0) is 20.8. The van der Waals surface area contributed by atoms with Crippen molar-refractivity contribution in [1.29, 1.82) is 0 Å². The number of hydrogen-bond acceptors (Lipinski definition) is 5. The molecule has 4 rings (SSSR count). The summed E-state index contributed by atoms with van der Waals surface area (Å²) in [4.78, 5) is 12.4. The number of thiophene rings is 1. The Kier molecular flexibility index (Phi) is 6.20. The molecule has 30 heavy (non-hydrogen) atoms. The summed E-state index contributed by atoms with van der Waals surface area (Å²) in [5.41, 5.74) is 11.4. The molecule has 2 aromatic heterocycles. The largest absolute Gasteiger partial charge is 0.397 e. The maximum Gasteiger partial charge on any atom is 0.224 e. The number of aromatic nitrogens is 3. The molecular weight excluding hydrogens is 394 g/mol. The van der Waals surface area contributed by atoms with E-state index in [0.717, 1.165) is 29.8 Å². The van der Waals surface area contributed by atoms with Gasteiger partial charge >= 0.3 is 0 Å². The van der Waals surface area contributed by atoms with E-state index in [1.807, 2.05) is 58.7 Å². The molecule has 0 aliphatic heterocycles. The number of carbonyl (C=O) groups excluding carboxylic acids is 1. The zero-order valence-corrected chi connectivity index (χ0v) is 17.3. The highest BCUT2D eigenvalue weighted by Gasteiger charge is 2.10. The van der Waals surface area contributed by atoms with Crippen molar-refractivity contribution in [2.24, 2.45) is 0 Å². The quantitative estimate of drug-likeness (QED) is 0.416. The maximum atomic E-state index is 12.4. The second kappa shape index (κ2) is 9.37. The van der Waals surface area contributed by atoms with Crippen molar-refractivity contribution in [2.45, 2.75) is 25.8 Å². The first-order valence-electron chi connectivity index (χ1n) is 9.82. The molecule has 4 aromatic rings. The van der Waals surface area contributed by atoms with Gasteiger partial charge in [0.1, 0.15) is 0 Å². The van der Waals surface area contributed by atoms with Gasteiger partial charge < -0.3 is 11.1 Å². The molecule has 0 aliphatic rings. The van der Waals surface area contributed by atoms with Gasteiger partial charge in [0.15, 0.2) is 0 Å². The first-order chi connectivity index (χ1) is 14.7. The Morgan fingerprint density at radius 3 is 2.73 bits per heavy atom. The molecule has 2 heterocycles. The van der Waals surface area contributed by atoms with Gasteiger partial charge in [-0.3, -0.25) is 9.48 Å². The summed E-state index contributed by atoms with van der Waals surface area (Å²) in [6.07, 6.45) is 3.65. The van der Waals surface area contributed by atoms with E-state index in [9.17, 15) is 4.79 Å². The molecule has 0 saturated carbocycles. The van der Waals surface area contributed by atoms with Crippen LogP contribution in [0.3, 0.4) is 0 Å². The van der Waals surface area contributed by atoms with Gasteiger partial charge in [0, 0.05) is 25.6 Å². The highest BCUT2D eigenvalue weighted by molar-refractivity contribution is 7.08. The van der Waals surface area contributed by atoms with Crippen LogP contribution in [0.1, 0.15) is 17.7 Å². The van der Waals surface area contributed by atoms with Crippen LogP contribution in [0.5, 0.6) is 0 Å². The molecule has 0 radical (unpaired) electrons. The van der Waals surface area contributed by atoms with E-state index < -0.39 is 0 Å². The Bertz CT molecular complexity index is 1110. The third-order valence-electron chi connectivity index (χ3n) is 4.85. The molecule has 0 atom stereocenters. The van der Waals surface area contributed by atoms with Crippen molar-refractivity contribution in [2.75, 3.05) is 11.1 Å². The Morgan fingerprint density at radius 2 is 1.93 bits per heavy atom. The number of nitrogens with one attached hydrogen (secondary N) is 1. The van der Waals surface area contributed by atoms with Crippen LogP contribution in [0.2, 0.25) is 0 Å². The molecule has 152 valence electrons. The number of nitrogen functional groups attached to an aromatic ring is 1. The van der Waals surface area contributed by atoms with E-state index in [-0.39, 0.29) is 5.91 Å². The van der Waals surface area contributed by atoms with Gasteiger partial charge in [0.2, 0.25) is 5.91 Å². The Morgan fingerprint density at radius 1 is 1.07 bits per heavy atom. The predicted octanol–water partition coefficient (Wildman–Crippen LogP) is 4.40. The number of nitrogens with two attached hydrogens (primary N) is 1. The number of carbonyl (C=O) groups is 1. The molecule has 0 saturated heterocycles. The lowest BCUT2D eigenvalue weighted by Gasteiger charge is -2.10. The normalized spacial score (nSPS) is 10.8. The zero-order valence-electron chi connectivity index (χ0n) is 16.5. The van der Waals surface area contributed by atoms with E-state index in [0.29, 0.717) is 24.2 Å². The van der Waals surface area contributed by atoms with Crippen LogP contribution in [-0.4, -0.2) is 20.9 Å². The summed E-state index contributed by atoms with van der Waals surface area (Å²) in [7, 11) is 0. The van der Waals surface area contributed by atoms with Gasteiger partial charge in [0.25, 0.3) is 0 Å². The van der Waals surface area contributed by atoms with Crippen molar-refractivity contribution in [3.05, 3.63) is 82.8 Å². The summed E-state index contributed by atoms with van der Waals surface area (Å²) in [6.45, 7) is 0.759. The summed E-state index contributed by atoms with van der Waals surface area (Å²) in [5, 5.41) is 15.4. The first-order valence-corrected chi connectivity index (χ1v) is 10.8. The standard InChI is InChI=1S/C23H23N5OS/c24-21-8-6-18(19-11-13-30-16-19)14-22(21)25-23(29)9-7-20-15-28(27-26-20)12-10-17-4-2-1-3-5-17/h1-6,8,11,13-16H,7,9-10,12,24H2,(H,25,29). The summed E-state index contributed by atoms with van der Waals surface area (Å²) >= 11 is 1.63. The van der Waals surface area contributed by atoms with E-state index in [2.05, 4.69) is 33.1 Å². The number of hydrogen-bond donors (Lipinski definition) is 2. The molecule has 0 spiro atoms. The van der Waals surface area contributed by atoms with Crippen LogP contribution < -0.4 is 11.1 Å². The lowest BCUT2D eigenvalue weighted by molar-refractivity contribution is -0.116. The molecule has 0 unspecified atom stereocenters. The minimum absolute atomic E-state index is 0.0944. The topological polar surface area (TPSA) is 85.8 Å². The van der Waals surface area contributed by atoms with E-state index in [1.54, 1.807) is 11.3 Å². The molecule has 0 bridgehead atoms. The molecule has 3 N–H and O–H groups in total. The lowest BCUT2D eigenvalue weighted by atomic mass is 10.1. The molecular formula is C23H23N5OS. The first kappa shape index (κ1) is 19.8. The fourth-order valence-corrected chi connectivity index (χ4v) is 3.84. The van der Waals surface area contributed by atoms with E-state index in [4.69, 9.17) is 5.73 Å². The Labute approximate surface area is 179 Å². The molecule has 0 fully saturated rings. The lowest BCUT2D eigenvalue weighted by Crippen LogP contribution is -2.13. The average Bonchev–Trinajstić information content (AvgIpc) is 3.45. The number of anilines is 2. The van der Waals surface area contributed by atoms with Crippen LogP contribution in [0.25, 0.3) is 11.1 Å². The average molecular weight is 418 g/mol. The second-order valence-electron chi connectivity index (χ2n) is 7.07. The van der Waals surface area contributed by atoms with Gasteiger partial charge in [-0.25, -0.2) is 0 Å². The van der Waals surface area contributed by atoms with E-state index in [1.165, 1.54) is 5.56 Å². The molecule has 0 aliphatic carbocycles. The molecule has 2 aromatic carbocycles. The highest BCUT2D eigenvalue weighted by Crippen LogP contribution is 2.28.